The molecular weight excluding hydrogens is 271 g/mol. The number of thioether (sulfide) groups is 1. The number of esters is 1. The number of rotatable bonds is 2. The average Bonchev–Trinajstić information content (AvgIpc) is 2.57. The van der Waals surface area contributed by atoms with Crippen molar-refractivity contribution in [1.29, 1.82) is 0 Å². The summed E-state index contributed by atoms with van der Waals surface area (Å²) in [4.78, 5) is 26.0. The molecule has 0 aromatic heterocycles. The first-order valence-corrected chi connectivity index (χ1v) is 7.79. The lowest BCUT2D eigenvalue weighted by molar-refractivity contribution is -0.156. The summed E-state index contributed by atoms with van der Waals surface area (Å²) in [6, 6.07) is -0.620. The molecule has 2 aliphatic rings. The summed E-state index contributed by atoms with van der Waals surface area (Å²) in [5.41, 5.74) is 0. The van der Waals surface area contributed by atoms with Gasteiger partial charge in [-0.2, -0.15) is 0 Å². The van der Waals surface area contributed by atoms with E-state index in [4.69, 9.17) is 4.74 Å². The molecule has 2 aliphatic heterocycles. The average molecular weight is 290 g/mol. The van der Waals surface area contributed by atoms with Gasteiger partial charge in [0, 0.05) is 0 Å². The van der Waals surface area contributed by atoms with E-state index in [1.807, 2.05) is 0 Å². The summed E-state index contributed by atoms with van der Waals surface area (Å²) in [7, 11) is 3.78. The Bertz CT molecular complexity index is 342. The third-order valence-electron chi connectivity index (χ3n) is 3.52. The standard InChI is InChI=1S/C11H19N2O3PS/c1-16-11(15)8-3-2-4-9-13(8)10(14)7(12-17)5-6-18-9/h7-9,12H,2-6,17H2,1H3/t7-,8-,9-/m0/s1. The minimum atomic E-state index is -0.410. The predicted octanol–water partition coefficient (Wildman–Crippen LogP) is 0.752. The first-order chi connectivity index (χ1) is 8.69. The fourth-order valence-electron chi connectivity index (χ4n) is 2.57. The number of amides is 1. The minimum Gasteiger partial charge on any atom is -0.467 e. The van der Waals surface area contributed by atoms with Gasteiger partial charge in [0.25, 0.3) is 0 Å². The Morgan fingerprint density at radius 1 is 1.50 bits per heavy atom. The molecule has 18 heavy (non-hydrogen) atoms. The van der Waals surface area contributed by atoms with Gasteiger partial charge in [0.1, 0.15) is 6.04 Å². The molecule has 102 valence electrons. The molecule has 2 saturated heterocycles. The van der Waals surface area contributed by atoms with Crippen molar-refractivity contribution in [2.24, 2.45) is 0 Å². The lowest BCUT2D eigenvalue weighted by Gasteiger charge is -2.40. The second-order valence-electron chi connectivity index (χ2n) is 4.55. The highest BCUT2D eigenvalue weighted by molar-refractivity contribution is 7.99. The molecule has 0 aliphatic carbocycles. The number of nitrogens with zero attached hydrogens (tertiary/aromatic N) is 1. The maximum absolute atomic E-state index is 12.5. The van der Waals surface area contributed by atoms with Gasteiger partial charge in [0.05, 0.1) is 18.5 Å². The summed E-state index contributed by atoms with van der Waals surface area (Å²) in [6.07, 6.45) is 3.45. The Kier molecular flexibility index (Phi) is 4.87. The number of ether oxygens (including phenoxy) is 1. The van der Waals surface area contributed by atoms with Gasteiger partial charge < -0.3 is 9.64 Å². The zero-order valence-electron chi connectivity index (χ0n) is 10.4. The van der Waals surface area contributed by atoms with Crippen LogP contribution in [0.25, 0.3) is 0 Å². The van der Waals surface area contributed by atoms with Crippen molar-refractivity contribution in [2.75, 3.05) is 12.9 Å². The van der Waals surface area contributed by atoms with Crippen molar-refractivity contribution in [3.05, 3.63) is 0 Å². The van der Waals surface area contributed by atoms with Crippen LogP contribution >= 0.6 is 21.2 Å². The zero-order valence-corrected chi connectivity index (χ0v) is 12.4. The van der Waals surface area contributed by atoms with E-state index in [0.717, 1.165) is 25.0 Å². The third kappa shape index (κ3) is 2.65. The number of carbonyl (C=O) groups excluding carboxylic acids is 2. The molecule has 0 saturated carbocycles. The first kappa shape index (κ1) is 14.1. The molecule has 2 heterocycles. The van der Waals surface area contributed by atoms with Crippen LogP contribution in [0.4, 0.5) is 0 Å². The van der Waals surface area contributed by atoms with Gasteiger partial charge in [0.15, 0.2) is 0 Å². The number of nitrogens with one attached hydrogen (secondary N) is 1. The first-order valence-electron chi connectivity index (χ1n) is 6.16. The van der Waals surface area contributed by atoms with Gasteiger partial charge in [-0.15, -0.1) is 11.8 Å². The van der Waals surface area contributed by atoms with Gasteiger partial charge in [0.2, 0.25) is 5.91 Å². The SMILES string of the molecule is COC(=O)[C@@H]1CCC[C@@H]2SCC[C@H](NP)C(=O)N21. The molecule has 1 N–H and O–H groups in total. The van der Waals surface area contributed by atoms with Crippen molar-refractivity contribution in [3.63, 3.8) is 0 Å². The fourth-order valence-corrected chi connectivity index (χ4v) is 4.27. The lowest BCUT2D eigenvalue weighted by Crippen LogP contribution is -2.55. The Morgan fingerprint density at radius 3 is 2.94 bits per heavy atom. The number of fused-ring (bicyclic) bond motifs is 1. The normalized spacial score (nSPS) is 32.7. The molecule has 0 spiro atoms. The second-order valence-corrected chi connectivity index (χ2v) is 6.17. The van der Waals surface area contributed by atoms with Crippen molar-refractivity contribution < 1.29 is 14.3 Å². The third-order valence-corrected chi connectivity index (χ3v) is 5.24. The van der Waals surface area contributed by atoms with Crippen LogP contribution in [0.1, 0.15) is 25.7 Å². The molecule has 2 rings (SSSR count). The Balaban J connectivity index is 2.23. The minimum absolute atomic E-state index is 0.0232. The maximum Gasteiger partial charge on any atom is 0.328 e. The molecule has 0 bridgehead atoms. The van der Waals surface area contributed by atoms with Gasteiger partial charge in [-0.1, -0.05) is 9.39 Å². The van der Waals surface area contributed by atoms with E-state index in [9.17, 15) is 9.59 Å². The summed E-state index contributed by atoms with van der Waals surface area (Å²) in [5.74, 6) is 0.667. The maximum atomic E-state index is 12.5. The van der Waals surface area contributed by atoms with E-state index < -0.39 is 6.04 Å². The number of methoxy groups -OCH3 is 1. The molecule has 5 nitrogen and oxygen atoms in total. The van der Waals surface area contributed by atoms with E-state index >= 15 is 0 Å². The Morgan fingerprint density at radius 2 is 2.28 bits per heavy atom. The van der Waals surface area contributed by atoms with E-state index in [-0.39, 0.29) is 23.3 Å². The monoisotopic (exact) mass is 290 g/mol. The number of carbonyl (C=O) groups is 2. The van der Waals surface area contributed by atoms with Crippen molar-refractivity contribution in [2.45, 2.75) is 43.1 Å². The quantitative estimate of drug-likeness (QED) is 0.601. The van der Waals surface area contributed by atoms with Crippen LogP contribution in [-0.2, 0) is 14.3 Å². The van der Waals surface area contributed by atoms with Crippen LogP contribution in [-0.4, -0.2) is 47.1 Å². The van der Waals surface area contributed by atoms with Crippen LogP contribution in [0, 0.1) is 0 Å². The molecule has 4 atom stereocenters. The van der Waals surface area contributed by atoms with Crippen molar-refractivity contribution in [3.8, 4) is 0 Å². The summed E-state index contributed by atoms with van der Waals surface area (Å²) >= 11 is 1.77. The van der Waals surface area contributed by atoms with Gasteiger partial charge in [-0.25, -0.2) is 4.79 Å². The van der Waals surface area contributed by atoms with E-state index in [1.54, 1.807) is 16.7 Å². The summed E-state index contributed by atoms with van der Waals surface area (Å²) < 4.78 is 4.83. The van der Waals surface area contributed by atoms with Crippen molar-refractivity contribution >= 4 is 33.0 Å². The van der Waals surface area contributed by atoms with Crippen LogP contribution in [0.3, 0.4) is 0 Å². The van der Waals surface area contributed by atoms with E-state index in [0.29, 0.717) is 6.42 Å². The van der Waals surface area contributed by atoms with Gasteiger partial charge in [-0.05, 0) is 31.4 Å². The fraction of sp³-hybridized carbons (Fsp3) is 0.818. The van der Waals surface area contributed by atoms with Gasteiger partial charge >= 0.3 is 5.97 Å². The highest BCUT2D eigenvalue weighted by Crippen LogP contribution is 2.34. The molecular formula is C11H19N2O3PS. The molecule has 1 unspecified atom stereocenters. The van der Waals surface area contributed by atoms with Crippen LogP contribution in [0.2, 0.25) is 0 Å². The van der Waals surface area contributed by atoms with Crippen molar-refractivity contribution in [1.82, 2.24) is 9.99 Å². The largest absolute Gasteiger partial charge is 0.467 e. The molecule has 1 amide bonds. The molecule has 0 aromatic rings. The van der Waals surface area contributed by atoms with Crippen LogP contribution in [0.5, 0.6) is 0 Å². The molecule has 0 aromatic carbocycles. The summed E-state index contributed by atoms with van der Waals surface area (Å²) in [5, 5.41) is 3.09. The number of piperidine rings is 1. The van der Waals surface area contributed by atoms with Gasteiger partial charge in [-0.3, -0.25) is 9.88 Å². The second kappa shape index (κ2) is 6.22. The predicted molar refractivity (Wildman–Crippen MR) is 74.0 cm³/mol. The molecule has 0 radical (unpaired) electrons. The number of hydrogen-bond donors (Lipinski definition) is 1. The van der Waals surface area contributed by atoms with E-state index in [2.05, 4.69) is 14.5 Å². The Hall–Kier alpha value is -0.320. The van der Waals surface area contributed by atoms with Crippen LogP contribution in [0.15, 0.2) is 0 Å². The number of hydrogen-bond acceptors (Lipinski definition) is 5. The highest BCUT2D eigenvalue weighted by Gasteiger charge is 2.42. The smallest absolute Gasteiger partial charge is 0.328 e. The molecule has 2 fully saturated rings. The molecule has 7 heteroatoms. The lowest BCUT2D eigenvalue weighted by atomic mass is 10.0. The Labute approximate surface area is 114 Å². The summed E-state index contributed by atoms with van der Waals surface area (Å²) in [6.45, 7) is 0. The van der Waals surface area contributed by atoms with E-state index in [1.165, 1.54) is 7.11 Å². The van der Waals surface area contributed by atoms with Crippen LogP contribution < -0.4 is 5.09 Å². The topological polar surface area (TPSA) is 58.6 Å². The zero-order chi connectivity index (χ0) is 13.1. The highest BCUT2D eigenvalue weighted by atomic mass is 32.2.